The van der Waals surface area contributed by atoms with E-state index in [4.69, 9.17) is 21.1 Å². The zero-order chi connectivity index (χ0) is 30.9. The van der Waals surface area contributed by atoms with Crippen molar-refractivity contribution in [3.8, 4) is 5.75 Å². The molecule has 43 heavy (non-hydrogen) atoms. The average molecular weight is 610 g/mol. The summed E-state index contributed by atoms with van der Waals surface area (Å²) in [6.07, 6.45) is 2.76. The summed E-state index contributed by atoms with van der Waals surface area (Å²) in [5, 5.41) is 9.10. The summed E-state index contributed by atoms with van der Waals surface area (Å²) in [4.78, 5) is 36.9. The van der Waals surface area contributed by atoms with Crippen LogP contribution < -0.4 is 25.6 Å². The molecular weight excluding hydrogens is 577 g/mol. The number of benzene rings is 2. The number of likely N-dealkylation sites (N-methyl/N-ethyl adjacent to an activating group) is 1. The first-order valence-electron chi connectivity index (χ1n) is 13.6. The molecule has 1 aromatic heterocycles. The number of methoxy groups -OCH3 is 1. The zero-order valence-corrected chi connectivity index (χ0v) is 25.0. The van der Waals surface area contributed by atoms with Gasteiger partial charge in [0.05, 0.1) is 29.2 Å². The van der Waals surface area contributed by atoms with Crippen LogP contribution in [0.3, 0.4) is 0 Å². The maximum Gasteiger partial charge on any atom is 0.293 e. The lowest BCUT2D eigenvalue weighted by Crippen LogP contribution is -2.52. The van der Waals surface area contributed by atoms with Gasteiger partial charge in [-0.05, 0) is 51.2 Å². The third-order valence-electron chi connectivity index (χ3n) is 7.81. The summed E-state index contributed by atoms with van der Waals surface area (Å²) in [7, 11) is 3.68. The van der Waals surface area contributed by atoms with Gasteiger partial charge in [0.2, 0.25) is 11.9 Å². The molecule has 2 saturated heterocycles. The van der Waals surface area contributed by atoms with Crippen LogP contribution in [-0.2, 0) is 19.9 Å². The number of carbonyl (C=O) groups is 2. The molecule has 2 atom stereocenters. The summed E-state index contributed by atoms with van der Waals surface area (Å²) in [5.74, 6) is 0.688. The first-order valence-corrected chi connectivity index (χ1v) is 14.0. The lowest BCUT2D eigenvalue weighted by Gasteiger charge is -2.40. The Morgan fingerprint density at radius 2 is 1.95 bits per heavy atom. The highest BCUT2D eigenvalue weighted by atomic mass is 35.5. The molecule has 0 spiro atoms. The van der Waals surface area contributed by atoms with E-state index in [1.54, 1.807) is 33.1 Å². The van der Waals surface area contributed by atoms with Gasteiger partial charge in [-0.25, -0.2) is 9.37 Å². The van der Waals surface area contributed by atoms with E-state index in [0.717, 1.165) is 25.3 Å². The number of nitrogens with one attached hydrogen (secondary N) is 3. The van der Waals surface area contributed by atoms with Crippen LogP contribution >= 0.6 is 11.6 Å². The molecule has 2 aliphatic heterocycles. The third-order valence-corrected chi connectivity index (χ3v) is 8.10. The number of rotatable bonds is 11. The van der Waals surface area contributed by atoms with E-state index in [0.29, 0.717) is 52.6 Å². The summed E-state index contributed by atoms with van der Waals surface area (Å²) < 4.78 is 25.3. The highest BCUT2D eigenvalue weighted by Gasteiger charge is 2.44. The smallest absolute Gasteiger partial charge is 0.293 e. The van der Waals surface area contributed by atoms with Crippen LogP contribution in [0.4, 0.5) is 38.9 Å². The van der Waals surface area contributed by atoms with Crippen molar-refractivity contribution >= 4 is 58.5 Å². The Hall–Kier alpha value is -4.42. The van der Waals surface area contributed by atoms with Gasteiger partial charge in [0.25, 0.3) is 6.47 Å². The van der Waals surface area contributed by atoms with Crippen LogP contribution in [-0.4, -0.2) is 67.1 Å². The fraction of sp³-hybridized carbons (Fsp3) is 0.333. The molecule has 3 N–H and O–H groups in total. The molecule has 3 heterocycles. The van der Waals surface area contributed by atoms with Gasteiger partial charge >= 0.3 is 0 Å². The van der Waals surface area contributed by atoms with E-state index >= 15 is 0 Å². The number of hydrogen-bond donors (Lipinski definition) is 3. The summed E-state index contributed by atoms with van der Waals surface area (Å²) in [5.41, 5.74) is 1.55. The quantitative estimate of drug-likeness (QED) is 0.201. The van der Waals surface area contributed by atoms with Crippen molar-refractivity contribution in [1.29, 1.82) is 0 Å². The van der Waals surface area contributed by atoms with Gasteiger partial charge in [0.1, 0.15) is 23.0 Å². The van der Waals surface area contributed by atoms with Crippen molar-refractivity contribution in [2.75, 3.05) is 54.6 Å². The Bertz CT molecular complexity index is 1570. The third kappa shape index (κ3) is 6.20. The number of aromatic nitrogens is 2. The number of amides is 1. The number of halogens is 2. The van der Waals surface area contributed by atoms with Gasteiger partial charge in [-0.3, -0.25) is 9.59 Å². The van der Waals surface area contributed by atoms with Crippen molar-refractivity contribution in [3.05, 3.63) is 65.6 Å². The van der Waals surface area contributed by atoms with Crippen molar-refractivity contribution in [2.45, 2.75) is 25.5 Å². The monoisotopic (exact) mass is 609 g/mol. The minimum Gasteiger partial charge on any atom is -0.494 e. The maximum absolute atomic E-state index is 14.4. The van der Waals surface area contributed by atoms with Crippen LogP contribution in [0.5, 0.6) is 5.75 Å². The summed E-state index contributed by atoms with van der Waals surface area (Å²) in [6, 6.07) is 8.37. The molecular formula is C30H33ClFN7O4. The molecule has 1 amide bonds. The SMILES string of the molecule is C=CC(=O)Nc1cc(Nc2nccc(Nc3cc(Cl)c(F)cc3C(C)(C)OC=O)n2)c(OC)cc1N1C[C@@H]2CN(C)[C@@H]2C1. The Morgan fingerprint density at radius 1 is 1.16 bits per heavy atom. The second-order valence-corrected chi connectivity index (χ2v) is 11.4. The maximum atomic E-state index is 14.4. The first kappa shape index (κ1) is 30.1. The van der Waals surface area contributed by atoms with Crippen LogP contribution in [0.25, 0.3) is 0 Å². The number of fused-ring (bicyclic) bond motifs is 1. The van der Waals surface area contributed by atoms with Gasteiger partial charge in [-0.2, -0.15) is 4.98 Å². The molecule has 11 nitrogen and oxygen atoms in total. The van der Waals surface area contributed by atoms with Crippen molar-refractivity contribution in [1.82, 2.24) is 14.9 Å². The molecule has 5 rings (SSSR count). The molecule has 0 saturated carbocycles. The van der Waals surface area contributed by atoms with Crippen LogP contribution in [0.2, 0.25) is 5.02 Å². The summed E-state index contributed by atoms with van der Waals surface area (Å²) in [6.45, 7) is 9.91. The average Bonchev–Trinajstić information content (AvgIpc) is 3.31. The van der Waals surface area contributed by atoms with Gasteiger partial charge in [0, 0.05) is 55.1 Å². The largest absolute Gasteiger partial charge is 0.494 e. The minimum atomic E-state index is -1.16. The van der Waals surface area contributed by atoms with E-state index in [1.165, 1.54) is 24.4 Å². The van der Waals surface area contributed by atoms with Gasteiger partial charge in [-0.15, -0.1) is 0 Å². The van der Waals surface area contributed by atoms with Gasteiger partial charge in [0.15, 0.2) is 0 Å². The van der Waals surface area contributed by atoms with Crippen molar-refractivity contribution in [3.63, 3.8) is 0 Å². The fourth-order valence-electron chi connectivity index (χ4n) is 5.56. The van der Waals surface area contributed by atoms with E-state index in [2.05, 4.69) is 49.3 Å². The first-order chi connectivity index (χ1) is 20.5. The molecule has 0 bridgehead atoms. The number of likely N-dealkylation sites (tertiary alicyclic amines) is 1. The molecule has 2 aromatic carbocycles. The molecule has 0 aliphatic carbocycles. The highest BCUT2D eigenvalue weighted by Crippen LogP contribution is 2.42. The predicted octanol–water partition coefficient (Wildman–Crippen LogP) is 5.05. The Balaban J connectivity index is 1.45. The Kier molecular flexibility index (Phi) is 8.43. The van der Waals surface area contributed by atoms with E-state index < -0.39 is 11.4 Å². The van der Waals surface area contributed by atoms with Crippen LogP contribution in [0.1, 0.15) is 19.4 Å². The second kappa shape index (κ2) is 12.1. The van der Waals surface area contributed by atoms with Gasteiger partial charge in [-0.1, -0.05) is 18.2 Å². The van der Waals surface area contributed by atoms with E-state index in [1.807, 2.05) is 6.07 Å². The molecule has 13 heteroatoms. The number of ether oxygens (including phenoxy) is 2. The summed E-state index contributed by atoms with van der Waals surface area (Å²) >= 11 is 6.07. The molecule has 0 radical (unpaired) electrons. The molecule has 2 aliphatic rings. The number of anilines is 6. The minimum absolute atomic E-state index is 0.114. The number of hydrogen-bond acceptors (Lipinski definition) is 10. The lowest BCUT2D eigenvalue weighted by molar-refractivity contribution is -0.141. The second-order valence-electron chi connectivity index (χ2n) is 11.0. The number of nitrogens with zero attached hydrogens (tertiary/aromatic N) is 4. The zero-order valence-electron chi connectivity index (χ0n) is 24.3. The standard InChI is InChI=1S/C30H33ClFN7O4/c1-6-28(41)35-22-11-23(26(42-5)12-24(22)39-14-17-13-38(4)25(17)15-39)36-29-33-8-7-27(37-29)34-21-10-19(31)20(32)9-18(21)30(2,3)43-16-40/h6-12,16-17,25H,1,13-15H2,2-5H3,(H,35,41)(H2,33,34,36,37)/t17-,25+/m0/s1. The van der Waals surface area contributed by atoms with Gasteiger partial charge < -0.3 is 35.2 Å². The van der Waals surface area contributed by atoms with Crippen LogP contribution in [0, 0.1) is 11.7 Å². The molecule has 0 unspecified atom stereocenters. The van der Waals surface area contributed by atoms with Crippen molar-refractivity contribution < 1.29 is 23.5 Å². The fourth-order valence-corrected chi connectivity index (χ4v) is 5.72. The molecule has 3 aromatic rings. The normalized spacial score (nSPS) is 17.9. The van der Waals surface area contributed by atoms with E-state index in [9.17, 15) is 14.0 Å². The Morgan fingerprint density at radius 3 is 2.63 bits per heavy atom. The number of carbonyl (C=O) groups excluding carboxylic acids is 2. The topological polar surface area (TPSA) is 121 Å². The predicted molar refractivity (Wildman–Crippen MR) is 164 cm³/mol. The van der Waals surface area contributed by atoms with Crippen molar-refractivity contribution in [2.24, 2.45) is 5.92 Å². The van der Waals surface area contributed by atoms with E-state index in [-0.39, 0.29) is 16.9 Å². The lowest BCUT2D eigenvalue weighted by atomic mass is 9.93. The Labute approximate surface area is 254 Å². The van der Waals surface area contributed by atoms with Crippen LogP contribution in [0.15, 0.2) is 49.2 Å². The molecule has 2 fully saturated rings. The highest BCUT2D eigenvalue weighted by molar-refractivity contribution is 6.31. The molecule has 226 valence electrons.